The summed E-state index contributed by atoms with van der Waals surface area (Å²) in [6.45, 7) is 5.23. The van der Waals surface area contributed by atoms with Gasteiger partial charge in [-0.05, 0) is 6.92 Å². The third kappa shape index (κ3) is 2.76. The molecule has 2 aromatic heterocycles. The van der Waals surface area contributed by atoms with E-state index < -0.39 is 0 Å². The van der Waals surface area contributed by atoms with E-state index >= 15 is 0 Å². The van der Waals surface area contributed by atoms with Gasteiger partial charge in [0, 0.05) is 58.2 Å². The molecule has 0 N–H and O–H groups in total. The van der Waals surface area contributed by atoms with E-state index in [4.69, 9.17) is 0 Å². The van der Waals surface area contributed by atoms with Crippen molar-refractivity contribution in [2.24, 2.45) is 0 Å². The summed E-state index contributed by atoms with van der Waals surface area (Å²) in [5, 5.41) is 4.31. The zero-order valence-electron chi connectivity index (χ0n) is 13.3. The molecule has 1 amide bonds. The molecule has 0 radical (unpaired) electrons. The number of carbonyl (C=O) groups excluding carboxylic acids is 1. The Kier molecular flexibility index (Phi) is 3.98. The molecule has 1 atom stereocenters. The molecule has 0 aliphatic carbocycles. The van der Waals surface area contributed by atoms with Crippen LogP contribution in [0.4, 0.5) is 0 Å². The maximum Gasteiger partial charge on any atom is 0.246 e. The van der Waals surface area contributed by atoms with Crippen LogP contribution in [-0.4, -0.2) is 55.7 Å². The predicted octanol–water partition coefficient (Wildman–Crippen LogP) is 0.745. The van der Waals surface area contributed by atoms with Crippen LogP contribution in [-0.2, 0) is 24.4 Å². The van der Waals surface area contributed by atoms with Crippen molar-refractivity contribution in [3.05, 3.63) is 36.2 Å². The number of fused-ring (bicyclic) bond motifs is 1. The van der Waals surface area contributed by atoms with Gasteiger partial charge in [-0.3, -0.25) is 14.4 Å². The van der Waals surface area contributed by atoms with E-state index in [0.29, 0.717) is 6.54 Å². The van der Waals surface area contributed by atoms with Gasteiger partial charge in [-0.2, -0.15) is 5.10 Å². The van der Waals surface area contributed by atoms with Gasteiger partial charge in [-0.1, -0.05) is 0 Å². The van der Waals surface area contributed by atoms with Crippen LogP contribution in [0.2, 0.25) is 0 Å². The average Bonchev–Trinajstić information content (AvgIpc) is 3.14. The van der Waals surface area contributed by atoms with Crippen molar-refractivity contribution >= 4 is 5.91 Å². The van der Waals surface area contributed by atoms with E-state index in [0.717, 1.165) is 25.3 Å². The number of amides is 1. The van der Waals surface area contributed by atoms with Gasteiger partial charge in [0.1, 0.15) is 6.04 Å². The molecule has 0 saturated carbocycles. The highest BCUT2D eigenvalue weighted by atomic mass is 16.2. The van der Waals surface area contributed by atoms with Gasteiger partial charge >= 0.3 is 0 Å². The van der Waals surface area contributed by atoms with Crippen molar-refractivity contribution in [2.75, 3.05) is 20.6 Å². The largest absolute Gasteiger partial charge is 0.347 e. The molecule has 3 rings (SSSR count). The standard InChI is InChI=1S/C15H22N6O/c1-4-20-8-12(5-17-20)7-19-9-13-6-16-11-21(13)14(10-19)15(22)18(2)3/h5-6,8,11,14H,4,7,9-10H2,1-3H3. The molecular formula is C15H22N6O. The van der Waals surface area contributed by atoms with Gasteiger partial charge in [0.15, 0.2) is 0 Å². The van der Waals surface area contributed by atoms with Crippen LogP contribution in [0.15, 0.2) is 24.9 Å². The van der Waals surface area contributed by atoms with Crippen LogP contribution in [0, 0.1) is 0 Å². The molecule has 2 aromatic rings. The predicted molar refractivity (Wildman–Crippen MR) is 82.0 cm³/mol. The SMILES string of the molecule is CCn1cc(CN2Cc3cncn3C(C(=O)N(C)C)C2)cn1. The van der Waals surface area contributed by atoms with Gasteiger partial charge in [0.2, 0.25) is 5.91 Å². The Balaban J connectivity index is 1.79. The highest BCUT2D eigenvalue weighted by Crippen LogP contribution is 2.23. The molecule has 0 saturated heterocycles. The fourth-order valence-electron chi connectivity index (χ4n) is 2.90. The van der Waals surface area contributed by atoms with Crippen molar-refractivity contribution in [3.8, 4) is 0 Å². The minimum Gasteiger partial charge on any atom is -0.347 e. The second-order valence-corrected chi connectivity index (χ2v) is 5.91. The first-order valence-corrected chi connectivity index (χ1v) is 7.54. The molecule has 1 aliphatic rings. The molecule has 1 unspecified atom stereocenters. The van der Waals surface area contributed by atoms with Crippen molar-refractivity contribution in [1.82, 2.24) is 29.1 Å². The first-order valence-electron chi connectivity index (χ1n) is 7.54. The minimum atomic E-state index is -0.206. The number of nitrogens with zero attached hydrogens (tertiary/aromatic N) is 6. The summed E-state index contributed by atoms with van der Waals surface area (Å²) in [7, 11) is 3.59. The summed E-state index contributed by atoms with van der Waals surface area (Å²) in [5.41, 5.74) is 2.25. The van der Waals surface area contributed by atoms with Gasteiger partial charge in [0.05, 0.1) is 18.2 Å². The lowest BCUT2D eigenvalue weighted by Crippen LogP contribution is -2.43. The highest BCUT2D eigenvalue weighted by molar-refractivity contribution is 5.80. The number of hydrogen-bond donors (Lipinski definition) is 0. The Labute approximate surface area is 130 Å². The fraction of sp³-hybridized carbons (Fsp3) is 0.533. The molecule has 0 bridgehead atoms. The molecule has 3 heterocycles. The molecule has 7 heteroatoms. The number of rotatable bonds is 4. The van der Waals surface area contributed by atoms with E-state index in [1.807, 2.05) is 21.6 Å². The lowest BCUT2D eigenvalue weighted by Gasteiger charge is -2.34. The lowest BCUT2D eigenvalue weighted by atomic mass is 10.1. The van der Waals surface area contributed by atoms with Crippen LogP contribution in [0.3, 0.4) is 0 Å². The van der Waals surface area contributed by atoms with E-state index in [-0.39, 0.29) is 11.9 Å². The number of hydrogen-bond acceptors (Lipinski definition) is 4. The van der Waals surface area contributed by atoms with E-state index in [1.165, 1.54) is 5.56 Å². The first kappa shape index (κ1) is 14.8. The number of aromatic nitrogens is 4. The first-order chi connectivity index (χ1) is 10.6. The van der Waals surface area contributed by atoms with Crippen LogP contribution in [0.25, 0.3) is 0 Å². The lowest BCUT2D eigenvalue weighted by molar-refractivity contribution is -0.133. The summed E-state index contributed by atoms with van der Waals surface area (Å²) in [4.78, 5) is 20.6. The van der Waals surface area contributed by atoms with Crippen LogP contribution in [0.1, 0.15) is 24.2 Å². The summed E-state index contributed by atoms with van der Waals surface area (Å²) < 4.78 is 3.92. The maximum atomic E-state index is 12.4. The van der Waals surface area contributed by atoms with Crippen molar-refractivity contribution in [1.29, 1.82) is 0 Å². The quantitative estimate of drug-likeness (QED) is 0.836. The summed E-state index contributed by atoms with van der Waals surface area (Å²) >= 11 is 0. The van der Waals surface area contributed by atoms with Crippen molar-refractivity contribution in [3.63, 3.8) is 0 Å². The number of aryl methyl sites for hydroxylation is 1. The summed E-state index contributed by atoms with van der Waals surface area (Å²) in [6.07, 6.45) is 7.57. The highest BCUT2D eigenvalue weighted by Gasteiger charge is 2.31. The van der Waals surface area contributed by atoms with Gasteiger partial charge in [0.25, 0.3) is 0 Å². The molecule has 0 aromatic carbocycles. The Morgan fingerprint density at radius 1 is 1.41 bits per heavy atom. The Hall–Kier alpha value is -2.15. The summed E-state index contributed by atoms with van der Waals surface area (Å²) in [6, 6.07) is -0.206. The number of imidazole rings is 1. The van der Waals surface area contributed by atoms with Gasteiger partial charge < -0.3 is 9.47 Å². The Morgan fingerprint density at radius 2 is 2.23 bits per heavy atom. The molecule has 1 aliphatic heterocycles. The zero-order chi connectivity index (χ0) is 15.7. The molecular weight excluding hydrogens is 280 g/mol. The topological polar surface area (TPSA) is 59.2 Å². The third-order valence-electron chi connectivity index (χ3n) is 4.04. The van der Waals surface area contributed by atoms with Crippen molar-refractivity contribution < 1.29 is 4.79 Å². The summed E-state index contributed by atoms with van der Waals surface area (Å²) in [5.74, 6) is 0.105. The van der Waals surface area contributed by atoms with E-state index in [2.05, 4.69) is 28.1 Å². The van der Waals surface area contributed by atoms with Crippen LogP contribution < -0.4 is 0 Å². The number of likely N-dealkylation sites (N-methyl/N-ethyl adjacent to an activating group) is 1. The normalized spacial score (nSPS) is 18.2. The van der Waals surface area contributed by atoms with Gasteiger partial charge in [-0.25, -0.2) is 4.98 Å². The van der Waals surface area contributed by atoms with E-state index in [9.17, 15) is 4.79 Å². The Bertz CT molecular complexity index is 659. The molecule has 0 fully saturated rings. The maximum absolute atomic E-state index is 12.4. The zero-order valence-corrected chi connectivity index (χ0v) is 13.3. The second kappa shape index (κ2) is 5.92. The second-order valence-electron chi connectivity index (χ2n) is 5.91. The smallest absolute Gasteiger partial charge is 0.246 e. The number of carbonyl (C=O) groups is 1. The van der Waals surface area contributed by atoms with E-state index in [1.54, 1.807) is 25.3 Å². The van der Waals surface area contributed by atoms with Crippen LogP contribution in [0.5, 0.6) is 0 Å². The molecule has 0 spiro atoms. The van der Waals surface area contributed by atoms with Crippen LogP contribution >= 0.6 is 0 Å². The minimum absolute atomic E-state index is 0.105. The average molecular weight is 302 g/mol. The Morgan fingerprint density at radius 3 is 2.91 bits per heavy atom. The van der Waals surface area contributed by atoms with Gasteiger partial charge in [-0.15, -0.1) is 0 Å². The molecule has 22 heavy (non-hydrogen) atoms. The molecule has 118 valence electrons. The fourth-order valence-corrected chi connectivity index (χ4v) is 2.90. The third-order valence-corrected chi connectivity index (χ3v) is 4.04. The molecule has 7 nitrogen and oxygen atoms in total. The van der Waals surface area contributed by atoms with Crippen molar-refractivity contribution in [2.45, 2.75) is 32.6 Å². The monoisotopic (exact) mass is 302 g/mol.